The summed E-state index contributed by atoms with van der Waals surface area (Å²) in [5, 5.41) is 16.2. The number of allylic oxidation sites excluding steroid dienone is 1. The molecular formula is C51H53BrN2O5Si. The summed E-state index contributed by atoms with van der Waals surface area (Å²) in [7, 11) is -2.94. The van der Waals surface area contributed by atoms with Gasteiger partial charge in [-0.3, -0.25) is 14.5 Å². The molecule has 7 nitrogen and oxygen atoms in total. The number of para-hydroxylation sites is 1. The van der Waals surface area contributed by atoms with E-state index in [0.717, 1.165) is 45.4 Å². The summed E-state index contributed by atoms with van der Waals surface area (Å²) in [4.78, 5) is 30.6. The van der Waals surface area contributed by atoms with Gasteiger partial charge in [-0.25, -0.2) is 0 Å². The Hall–Kier alpha value is -5.06. The van der Waals surface area contributed by atoms with E-state index in [9.17, 15) is 14.7 Å². The number of halogens is 1. The molecule has 3 aliphatic rings. The van der Waals surface area contributed by atoms with Crippen molar-refractivity contribution in [2.45, 2.75) is 64.5 Å². The average molecular weight is 882 g/mol. The van der Waals surface area contributed by atoms with Crippen molar-refractivity contribution in [3.05, 3.63) is 160 Å². The number of nitrogens with zero attached hydrogens (tertiary/aromatic N) is 1. The van der Waals surface area contributed by atoms with Crippen LogP contribution in [0.4, 0.5) is 17.1 Å². The lowest BCUT2D eigenvalue weighted by Crippen LogP contribution is -2.66. The van der Waals surface area contributed by atoms with Crippen LogP contribution in [0, 0.1) is 17.8 Å². The highest BCUT2D eigenvalue weighted by atomic mass is 79.9. The summed E-state index contributed by atoms with van der Waals surface area (Å²) in [6.45, 7) is 9.67. The standard InChI is InChI=1S/C51H53BrN2O5Si/c1-5-34(29-35-30-37(52)22-27-45(35)55)21-28-46-47-36(32-59-60(51(2,3)4,41-17-11-7-12-18-41)42-19-13-8-14-20-42)31-43-48(44(47)33-58-46)50(57)54(49(43)56)40-25-23-39(24-26-40)53-38-15-9-6-10-16-38/h6-20,22-27,29-30,43-44,46,48,53,55H,5,21,28,31-33H2,1-4H3/b34-29+/t43-,44+,46-,48-/m1/s1. The lowest BCUT2D eigenvalue weighted by atomic mass is 9.69. The molecule has 8 rings (SSSR count). The van der Waals surface area contributed by atoms with Gasteiger partial charge in [0, 0.05) is 27.3 Å². The molecule has 5 aromatic rings. The van der Waals surface area contributed by atoms with Crippen LogP contribution in [0.3, 0.4) is 0 Å². The van der Waals surface area contributed by atoms with Crippen LogP contribution in [0.5, 0.6) is 5.75 Å². The molecule has 60 heavy (non-hydrogen) atoms. The number of phenols is 1. The van der Waals surface area contributed by atoms with Crippen LogP contribution in [0.2, 0.25) is 5.04 Å². The Labute approximate surface area is 363 Å². The van der Waals surface area contributed by atoms with Crippen LogP contribution in [0.25, 0.3) is 6.08 Å². The van der Waals surface area contributed by atoms with Crippen molar-refractivity contribution in [1.29, 1.82) is 0 Å². The maximum absolute atomic E-state index is 14.6. The van der Waals surface area contributed by atoms with E-state index in [-0.39, 0.29) is 34.6 Å². The molecule has 0 aromatic heterocycles. The second-order valence-corrected chi connectivity index (χ2v) is 22.4. The fourth-order valence-corrected chi connectivity index (χ4v) is 14.7. The topological polar surface area (TPSA) is 88.1 Å². The zero-order valence-electron chi connectivity index (χ0n) is 34.7. The molecule has 0 saturated carbocycles. The van der Waals surface area contributed by atoms with Gasteiger partial charge in [-0.1, -0.05) is 134 Å². The van der Waals surface area contributed by atoms with E-state index in [0.29, 0.717) is 31.7 Å². The molecule has 0 unspecified atom stereocenters. The fraction of sp³-hybridized carbons (Fsp3) is 0.294. The van der Waals surface area contributed by atoms with Gasteiger partial charge in [0.1, 0.15) is 5.75 Å². The molecule has 4 atom stereocenters. The molecule has 2 heterocycles. The van der Waals surface area contributed by atoms with Crippen molar-refractivity contribution in [2.75, 3.05) is 23.4 Å². The number of imide groups is 1. The van der Waals surface area contributed by atoms with Gasteiger partial charge in [0.2, 0.25) is 11.8 Å². The van der Waals surface area contributed by atoms with Gasteiger partial charge in [-0.15, -0.1) is 0 Å². The van der Waals surface area contributed by atoms with E-state index in [2.05, 4.69) is 104 Å². The zero-order valence-corrected chi connectivity index (χ0v) is 37.3. The Bertz CT molecular complexity index is 2360. The van der Waals surface area contributed by atoms with E-state index < -0.39 is 20.2 Å². The van der Waals surface area contributed by atoms with Crippen LogP contribution < -0.4 is 20.6 Å². The minimum atomic E-state index is -2.94. The van der Waals surface area contributed by atoms with Gasteiger partial charge in [0.05, 0.1) is 36.8 Å². The molecule has 308 valence electrons. The number of carbonyl (C=O) groups excluding carboxylic acids is 2. The van der Waals surface area contributed by atoms with Crippen molar-refractivity contribution in [1.82, 2.24) is 0 Å². The molecule has 1 aliphatic carbocycles. The van der Waals surface area contributed by atoms with E-state index >= 15 is 0 Å². The Morgan fingerprint density at radius 3 is 2.08 bits per heavy atom. The molecule has 2 N–H and O–H groups in total. The first-order valence-electron chi connectivity index (χ1n) is 21.0. The van der Waals surface area contributed by atoms with Gasteiger partial charge in [-0.2, -0.15) is 0 Å². The molecule has 2 amide bonds. The third-order valence-corrected chi connectivity index (χ3v) is 18.1. The lowest BCUT2D eigenvalue weighted by molar-refractivity contribution is -0.122. The second-order valence-electron chi connectivity index (χ2n) is 17.2. The number of rotatable bonds is 13. The van der Waals surface area contributed by atoms with Gasteiger partial charge in [0.25, 0.3) is 8.32 Å². The first kappa shape index (κ1) is 41.7. The van der Waals surface area contributed by atoms with Crippen LogP contribution in [-0.2, 0) is 18.8 Å². The molecule has 0 spiro atoms. The molecular weight excluding hydrogens is 829 g/mol. The Balaban J connectivity index is 1.14. The fourth-order valence-electron chi connectivity index (χ4n) is 9.73. The Morgan fingerprint density at radius 1 is 0.850 bits per heavy atom. The average Bonchev–Trinajstić information content (AvgIpc) is 3.79. The summed E-state index contributed by atoms with van der Waals surface area (Å²) in [6.07, 6.45) is 4.55. The minimum Gasteiger partial charge on any atom is -0.507 e. The highest BCUT2D eigenvalue weighted by Gasteiger charge is 2.58. The largest absolute Gasteiger partial charge is 0.507 e. The predicted octanol–water partition coefficient (Wildman–Crippen LogP) is 10.6. The highest BCUT2D eigenvalue weighted by Crippen LogP contribution is 2.51. The molecule has 5 aromatic carbocycles. The number of aromatic hydroxyl groups is 1. The van der Waals surface area contributed by atoms with Crippen molar-refractivity contribution in [3.8, 4) is 5.75 Å². The third kappa shape index (κ3) is 8.08. The number of hydrogen-bond acceptors (Lipinski definition) is 6. The van der Waals surface area contributed by atoms with Gasteiger partial charge >= 0.3 is 0 Å². The van der Waals surface area contributed by atoms with Crippen molar-refractivity contribution in [2.24, 2.45) is 17.8 Å². The Kier molecular flexibility index (Phi) is 12.2. The van der Waals surface area contributed by atoms with Gasteiger partial charge in [-0.05, 0) is 107 Å². The molecule has 2 fully saturated rings. The van der Waals surface area contributed by atoms with Crippen molar-refractivity contribution >= 4 is 69.6 Å². The number of benzene rings is 5. The SMILES string of the molecule is CC/C(=C\c1cc(Br)ccc1O)CC[C@H]1OC[C@H]2C1=C(CO[Si](c1ccccc1)(c1ccccc1)C(C)(C)C)C[C@H]1C(=O)N(c3ccc(Nc4ccccc4)cc3)C(=O)[C@H]12. The van der Waals surface area contributed by atoms with Crippen molar-refractivity contribution in [3.63, 3.8) is 0 Å². The van der Waals surface area contributed by atoms with Gasteiger partial charge in [0.15, 0.2) is 0 Å². The molecule has 9 heteroatoms. The maximum atomic E-state index is 14.6. The van der Waals surface area contributed by atoms with Gasteiger partial charge < -0.3 is 19.6 Å². The van der Waals surface area contributed by atoms with Crippen LogP contribution in [0.1, 0.15) is 58.9 Å². The summed E-state index contributed by atoms with van der Waals surface area (Å²) in [5.41, 5.74) is 6.57. The van der Waals surface area contributed by atoms with E-state index in [4.69, 9.17) is 9.16 Å². The smallest absolute Gasteiger partial charge is 0.261 e. The minimum absolute atomic E-state index is 0.160. The summed E-state index contributed by atoms with van der Waals surface area (Å²) >= 11 is 3.55. The third-order valence-electron chi connectivity index (χ3n) is 12.6. The first-order chi connectivity index (χ1) is 29.0. The van der Waals surface area contributed by atoms with Crippen LogP contribution in [0.15, 0.2) is 155 Å². The summed E-state index contributed by atoms with van der Waals surface area (Å²) < 4.78 is 15.2. The number of carbonyl (C=O) groups is 2. The number of hydrogen-bond donors (Lipinski definition) is 2. The number of amides is 2. The molecule has 0 bridgehead atoms. The summed E-state index contributed by atoms with van der Waals surface area (Å²) in [5.74, 6) is -1.36. The summed E-state index contributed by atoms with van der Waals surface area (Å²) in [6, 6.07) is 44.2. The number of anilines is 3. The number of nitrogens with one attached hydrogen (secondary N) is 1. The highest BCUT2D eigenvalue weighted by molar-refractivity contribution is 9.10. The number of ether oxygens (including phenoxy) is 1. The monoisotopic (exact) mass is 880 g/mol. The normalized spacial score (nSPS) is 20.7. The maximum Gasteiger partial charge on any atom is 0.261 e. The van der Waals surface area contributed by atoms with Crippen LogP contribution >= 0.6 is 15.9 Å². The molecule has 2 aliphatic heterocycles. The van der Waals surface area contributed by atoms with E-state index in [1.807, 2.05) is 78.9 Å². The predicted molar refractivity (Wildman–Crippen MR) is 247 cm³/mol. The second kappa shape index (κ2) is 17.5. The van der Waals surface area contributed by atoms with Crippen molar-refractivity contribution < 1.29 is 23.9 Å². The van der Waals surface area contributed by atoms with E-state index in [1.54, 1.807) is 6.07 Å². The quantitative estimate of drug-likeness (QED) is 0.0696. The Morgan fingerprint density at radius 2 is 1.47 bits per heavy atom. The molecule has 2 saturated heterocycles. The molecule has 0 radical (unpaired) electrons. The van der Waals surface area contributed by atoms with Crippen LogP contribution in [-0.4, -0.2) is 44.6 Å². The lowest BCUT2D eigenvalue weighted by Gasteiger charge is -2.44. The zero-order chi connectivity index (χ0) is 42.0. The van der Waals surface area contributed by atoms with E-state index in [1.165, 1.54) is 20.8 Å². The number of fused-ring (bicyclic) bond motifs is 3. The first-order valence-corrected chi connectivity index (χ1v) is 23.7. The number of phenolic OH excluding ortho intramolecular Hbond substituents is 1.